The van der Waals surface area contributed by atoms with Crippen molar-refractivity contribution in [2.75, 3.05) is 5.75 Å². The fourth-order valence-electron chi connectivity index (χ4n) is 1.73. The summed E-state index contributed by atoms with van der Waals surface area (Å²) < 4.78 is 1.64. The molecule has 0 spiro atoms. The van der Waals surface area contributed by atoms with Crippen molar-refractivity contribution >= 4 is 69.9 Å². The van der Waals surface area contributed by atoms with Gasteiger partial charge in [-0.15, -0.1) is 21.5 Å². The van der Waals surface area contributed by atoms with E-state index in [4.69, 9.17) is 11.6 Å². The molecule has 0 fully saturated rings. The molecule has 2 heterocycles. The minimum absolute atomic E-state index is 0.173. The number of carbonyl (C=O) groups excluding carboxylic acids is 1. The highest BCUT2D eigenvalue weighted by molar-refractivity contribution is 8.03. The molecule has 0 saturated carbocycles. The van der Waals surface area contributed by atoms with Gasteiger partial charge in [0.1, 0.15) is 0 Å². The monoisotopic (exact) mass is 440 g/mol. The lowest BCUT2D eigenvalue weighted by Crippen LogP contribution is -2.19. The minimum atomic E-state index is -0.173. The predicted octanol–water partition coefficient (Wildman–Crippen LogP) is 4.79. The van der Waals surface area contributed by atoms with Crippen molar-refractivity contribution in [1.29, 1.82) is 0 Å². The molecule has 1 aromatic carbocycles. The number of nitrogens with one attached hydrogen (secondary N) is 1. The molecule has 0 bridgehead atoms. The maximum atomic E-state index is 11.8. The summed E-state index contributed by atoms with van der Waals surface area (Å²) in [4.78, 5) is 12.8. The van der Waals surface area contributed by atoms with Crippen molar-refractivity contribution in [1.82, 2.24) is 15.6 Å². The molecular weight excluding hydrogens is 428 g/mol. The van der Waals surface area contributed by atoms with Gasteiger partial charge in [-0.25, -0.2) is 5.43 Å². The maximum absolute atomic E-state index is 11.8. The molecule has 134 valence electrons. The molecule has 0 radical (unpaired) electrons. The predicted molar refractivity (Wildman–Crippen MR) is 112 cm³/mol. The lowest BCUT2D eigenvalue weighted by atomic mass is 10.2. The lowest BCUT2D eigenvalue weighted by molar-refractivity contribution is -0.118. The van der Waals surface area contributed by atoms with E-state index >= 15 is 0 Å². The fourth-order valence-corrected chi connectivity index (χ4v) is 5.21. The van der Waals surface area contributed by atoms with E-state index in [9.17, 15) is 4.79 Å². The Morgan fingerprint density at radius 1 is 1.19 bits per heavy atom. The van der Waals surface area contributed by atoms with E-state index in [0.29, 0.717) is 0 Å². The fraction of sp³-hybridized carbons (Fsp3) is 0.125. The van der Waals surface area contributed by atoms with Crippen molar-refractivity contribution in [2.24, 2.45) is 5.10 Å². The Balaban J connectivity index is 1.40. The Morgan fingerprint density at radius 2 is 1.96 bits per heavy atom. The van der Waals surface area contributed by atoms with E-state index in [-0.39, 0.29) is 11.7 Å². The lowest BCUT2D eigenvalue weighted by Gasteiger charge is -1.98. The van der Waals surface area contributed by atoms with Crippen LogP contribution in [0.25, 0.3) is 0 Å². The number of aromatic nitrogens is 2. The summed E-state index contributed by atoms with van der Waals surface area (Å²) in [5.41, 5.74) is 3.68. The number of benzene rings is 1. The first-order valence-electron chi connectivity index (χ1n) is 7.38. The number of nitrogens with zero attached hydrogens (tertiary/aromatic N) is 3. The molecular formula is C16H13ClN4OS4. The smallest absolute Gasteiger partial charge is 0.250 e. The van der Waals surface area contributed by atoms with Crippen LogP contribution in [-0.2, 0) is 10.5 Å². The van der Waals surface area contributed by atoms with Crippen molar-refractivity contribution in [3.8, 4) is 0 Å². The molecule has 0 aliphatic heterocycles. The molecule has 0 aliphatic carbocycles. The first kappa shape index (κ1) is 19.4. The zero-order valence-electron chi connectivity index (χ0n) is 13.3. The number of thiophene rings is 1. The van der Waals surface area contributed by atoms with Crippen molar-refractivity contribution in [3.63, 3.8) is 0 Å². The molecule has 0 unspecified atom stereocenters. The maximum Gasteiger partial charge on any atom is 0.250 e. The van der Waals surface area contributed by atoms with Crippen LogP contribution in [0.2, 0.25) is 5.02 Å². The van der Waals surface area contributed by atoms with Crippen molar-refractivity contribution < 1.29 is 4.79 Å². The summed E-state index contributed by atoms with van der Waals surface area (Å²) in [7, 11) is 0. The van der Waals surface area contributed by atoms with Gasteiger partial charge in [-0.1, -0.05) is 64.7 Å². The van der Waals surface area contributed by atoms with Crippen molar-refractivity contribution in [2.45, 2.75) is 14.4 Å². The third-order valence-electron chi connectivity index (χ3n) is 2.91. The van der Waals surface area contributed by atoms with Gasteiger partial charge in [-0.3, -0.25) is 4.79 Å². The molecule has 0 atom stereocenters. The first-order valence-corrected chi connectivity index (χ1v) is 11.4. The normalized spacial score (nSPS) is 11.1. The van der Waals surface area contributed by atoms with Crippen LogP contribution in [0.4, 0.5) is 0 Å². The molecule has 1 N–H and O–H groups in total. The summed E-state index contributed by atoms with van der Waals surface area (Å²) in [6.07, 6.45) is 1.63. The van der Waals surface area contributed by atoms with Gasteiger partial charge in [0.15, 0.2) is 8.68 Å². The van der Waals surface area contributed by atoms with Gasteiger partial charge in [0.25, 0.3) is 5.91 Å². The zero-order chi connectivity index (χ0) is 18.2. The topological polar surface area (TPSA) is 67.2 Å². The summed E-state index contributed by atoms with van der Waals surface area (Å²) in [6, 6.07) is 11.6. The highest BCUT2D eigenvalue weighted by Gasteiger charge is 2.08. The summed E-state index contributed by atoms with van der Waals surface area (Å²) in [6.45, 7) is 0. The number of amides is 1. The molecule has 0 aliphatic rings. The number of carbonyl (C=O) groups is 1. The molecule has 5 nitrogen and oxygen atoms in total. The molecule has 3 rings (SSSR count). The Bertz CT molecular complexity index is 865. The number of hydrazone groups is 1. The van der Waals surface area contributed by atoms with Crippen LogP contribution in [0.3, 0.4) is 0 Å². The molecule has 3 aromatic rings. The Hall–Kier alpha value is -1.39. The summed E-state index contributed by atoms with van der Waals surface area (Å²) >= 11 is 11.9. The third-order valence-corrected chi connectivity index (χ3v) is 7.23. The van der Waals surface area contributed by atoms with Crippen LogP contribution in [-0.4, -0.2) is 28.1 Å². The second-order valence-electron chi connectivity index (χ2n) is 4.85. The largest absolute Gasteiger partial charge is 0.272 e. The van der Waals surface area contributed by atoms with E-state index in [1.165, 1.54) is 28.7 Å². The van der Waals surface area contributed by atoms with Crippen LogP contribution >= 0.6 is 57.8 Å². The quantitative estimate of drug-likeness (QED) is 0.310. The van der Waals surface area contributed by atoms with E-state index in [2.05, 4.69) is 20.7 Å². The Labute approximate surface area is 172 Å². The number of hydrogen-bond acceptors (Lipinski definition) is 8. The highest BCUT2D eigenvalue weighted by atomic mass is 35.5. The second-order valence-corrected chi connectivity index (χ2v) is 9.68. The molecule has 0 saturated heterocycles. The number of thioether (sulfide) groups is 2. The summed E-state index contributed by atoms with van der Waals surface area (Å²) in [5, 5.41) is 14.9. The van der Waals surface area contributed by atoms with Crippen molar-refractivity contribution in [3.05, 3.63) is 57.2 Å². The Morgan fingerprint density at radius 3 is 2.69 bits per heavy atom. The van der Waals surface area contributed by atoms with Gasteiger partial charge in [0, 0.05) is 15.7 Å². The second kappa shape index (κ2) is 10.1. The zero-order valence-corrected chi connectivity index (χ0v) is 17.3. The van der Waals surface area contributed by atoms with E-state index in [1.54, 1.807) is 29.3 Å². The Kier molecular flexibility index (Phi) is 7.51. The van der Waals surface area contributed by atoms with Crippen LogP contribution in [0.1, 0.15) is 10.4 Å². The SMILES string of the molecule is O=C(CSc1nnc(SCc2ccc(Cl)cc2)s1)N/N=C/c1cccs1. The van der Waals surface area contributed by atoms with E-state index in [1.807, 2.05) is 41.8 Å². The third kappa shape index (κ3) is 6.40. The van der Waals surface area contributed by atoms with Crippen LogP contribution in [0.15, 0.2) is 55.6 Å². The molecule has 1 amide bonds. The molecule has 10 heteroatoms. The standard InChI is InChI=1S/C16H13ClN4OS4/c17-12-5-3-11(4-6-12)9-24-15-20-21-16(26-15)25-10-14(22)19-18-8-13-2-1-7-23-13/h1-8H,9-10H2,(H,19,22)/b18-8+. The minimum Gasteiger partial charge on any atom is -0.272 e. The van der Waals surface area contributed by atoms with Gasteiger partial charge in [0.2, 0.25) is 0 Å². The van der Waals surface area contributed by atoms with E-state index < -0.39 is 0 Å². The van der Waals surface area contributed by atoms with Gasteiger partial charge in [-0.2, -0.15) is 5.10 Å². The van der Waals surface area contributed by atoms with Gasteiger partial charge in [-0.05, 0) is 29.1 Å². The van der Waals surface area contributed by atoms with Crippen LogP contribution in [0.5, 0.6) is 0 Å². The van der Waals surface area contributed by atoms with Gasteiger partial charge < -0.3 is 0 Å². The van der Waals surface area contributed by atoms with Gasteiger partial charge >= 0.3 is 0 Å². The molecule has 26 heavy (non-hydrogen) atoms. The van der Waals surface area contributed by atoms with Crippen LogP contribution < -0.4 is 5.43 Å². The highest BCUT2D eigenvalue weighted by Crippen LogP contribution is 2.30. The van der Waals surface area contributed by atoms with Crippen LogP contribution in [0, 0.1) is 0 Å². The number of rotatable bonds is 8. The average molecular weight is 441 g/mol. The number of halogens is 1. The van der Waals surface area contributed by atoms with Gasteiger partial charge in [0.05, 0.1) is 12.0 Å². The molecule has 2 aromatic heterocycles. The average Bonchev–Trinajstić information content (AvgIpc) is 3.31. The van der Waals surface area contributed by atoms with E-state index in [0.717, 1.165) is 24.3 Å². The first-order chi connectivity index (χ1) is 12.7. The summed E-state index contributed by atoms with van der Waals surface area (Å²) in [5.74, 6) is 0.875. The number of hydrogen-bond donors (Lipinski definition) is 1.